The second-order valence-corrected chi connectivity index (χ2v) is 3.52. The van der Waals surface area contributed by atoms with Crippen molar-refractivity contribution >= 4 is 11.7 Å². The molecule has 1 heterocycles. The van der Waals surface area contributed by atoms with E-state index in [-0.39, 0.29) is 18.3 Å². The first-order valence-electron chi connectivity index (χ1n) is 4.75. The van der Waals surface area contributed by atoms with E-state index < -0.39 is 17.8 Å². The number of amides is 1. The fourth-order valence-electron chi connectivity index (χ4n) is 1.17. The number of primary amides is 1. The molecule has 1 aromatic heterocycles. The van der Waals surface area contributed by atoms with Gasteiger partial charge in [-0.2, -0.15) is 13.2 Å². The Morgan fingerprint density at radius 2 is 2.12 bits per heavy atom. The topological polar surface area (TPSA) is 80.9 Å². The van der Waals surface area contributed by atoms with Crippen molar-refractivity contribution in [3.05, 3.63) is 17.8 Å². The Hall–Kier alpha value is -1.86. The summed E-state index contributed by atoms with van der Waals surface area (Å²) in [5, 5.41) is 9.10. The maximum absolute atomic E-state index is 12.2. The number of rotatable bonds is 4. The molecule has 17 heavy (non-hydrogen) atoms. The molecule has 0 saturated heterocycles. The van der Waals surface area contributed by atoms with E-state index in [1.165, 1.54) is 0 Å². The number of halogens is 3. The van der Waals surface area contributed by atoms with Gasteiger partial charge >= 0.3 is 6.18 Å². The van der Waals surface area contributed by atoms with Crippen LogP contribution in [0.15, 0.2) is 12.1 Å². The normalized spacial score (nSPS) is 13.2. The van der Waals surface area contributed by atoms with Crippen LogP contribution in [-0.2, 0) is 11.0 Å². The quantitative estimate of drug-likeness (QED) is 0.838. The number of carbonyl (C=O) groups is 1. The number of hydrogen-bond acceptors (Lipinski definition) is 4. The molecule has 0 aliphatic heterocycles. The van der Waals surface area contributed by atoms with Gasteiger partial charge in [0.05, 0.1) is 0 Å². The van der Waals surface area contributed by atoms with E-state index >= 15 is 0 Å². The molecular formula is C9H11F3N4O. The standard InChI is InChI=1S/C9H11F3N4O/c1-5(4-7(13)17)14-8-3-2-6(15-16-8)9(10,11)12/h2-3,5H,4H2,1H3,(H2,13,17)(H,14,16). The first-order valence-corrected chi connectivity index (χ1v) is 4.75. The van der Waals surface area contributed by atoms with E-state index in [9.17, 15) is 18.0 Å². The van der Waals surface area contributed by atoms with Crippen LogP contribution in [0.5, 0.6) is 0 Å². The highest BCUT2D eigenvalue weighted by molar-refractivity contribution is 5.74. The molecule has 5 nitrogen and oxygen atoms in total. The zero-order valence-corrected chi connectivity index (χ0v) is 8.95. The van der Waals surface area contributed by atoms with E-state index in [0.29, 0.717) is 0 Å². The zero-order chi connectivity index (χ0) is 13.1. The molecule has 0 bridgehead atoms. The number of alkyl halides is 3. The maximum atomic E-state index is 12.2. The average Bonchev–Trinajstić information content (AvgIpc) is 2.15. The van der Waals surface area contributed by atoms with Gasteiger partial charge in [0.15, 0.2) is 5.69 Å². The van der Waals surface area contributed by atoms with Crippen molar-refractivity contribution < 1.29 is 18.0 Å². The average molecular weight is 248 g/mol. The number of aromatic nitrogens is 2. The summed E-state index contributed by atoms with van der Waals surface area (Å²) in [6.07, 6.45) is -4.45. The lowest BCUT2D eigenvalue weighted by Gasteiger charge is -2.12. The van der Waals surface area contributed by atoms with E-state index in [1.807, 2.05) is 0 Å². The molecule has 0 aliphatic rings. The second-order valence-electron chi connectivity index (χ2n) is 3.52. The van der Waals surface area contributed by atoms with Gasteiger partial charge in [-0.1, -0.05) is 0 Å². The molecule has 8 heteroatoms. The fourth-order valence-corrected chi connectivity index (χ4v) is 1.17. The number of nitrogens with zero attached hydrogens (tertiary/aromatic N) is 2. The summed E-state index contributed by atoms with van der Waals surface area (Å²) in [7, 11) is 0. The van der Waals surface area contributed by atoms with E-state index in [4.69, 9.17) is 5.73 Å². The Bertz CT molecular complexity index is 390. The van der Waals surface area contributed by atoms with Crippen LogP contribution in [-0.4, -0.2) is 22.1 Å². The third kappa shape index (κ3) is 4.25. The molecule has 0 saturated carbocycles. The Kier molecular flexibility index (Phi) is 3.87. The van der Waals surface area contributed by atoms with Crippen molar-refractivity contribution in [2.75, 3.05) is 5.32 Å². The second kappa shape index (κ2) is 4.98. The molecule has 1 rings (SSSR count). The summed E-state index contributed by atoms with van der Waals surface area (Å²) < 4.78 is 36.5. The summed E-state index contributed by atoms with van der Waals surface area (Å²) in [4.78, 5) is 10.6. The largest absolute Gasteiger partial charge is 0.435 e. The highest BCUT2D eigenvalue weighted by atomic mass is 19.4. The van der Waals surface area contributed by atoms with Gasteiger partial charge in [0.25, 0.3) is 0 Å². The SMILES string of the molecule is CC(CC(N)=O)Nc1ccc(C(F)(F)F)nn1. The summed E-state index contributed by atoms with van der Waals surface area (Å²) in [6, 6.07) is 1.64. The minimum absolute atomic E-state index is 0.0582. The third-order valence-corrected chi connectivity index (χ3v) is 1.86. The van der Waals surface area contributed by atoms with Gasteiger partial charge in [-0.05, 0) is 19.1 Å². The van der Waals surface area contributed by atoms with Gasteiger partial charge in [0.1, 0.15) is 5.82 Å². The van der Waals surface area contributed by atoms with Gasteiger partial charge in [-0.25, -0.2) is 0 Å². The van der Waals surface area contributed by atoms with Crippen molar-refractivity contribution in [3.63, 3.8) is 0 Å². The molecule has 94 valence electrons. The van der Waals surface area contributed by atoms with Crippen molar-refractivity contribution in [1.82, 2.24) is 10.2 Å². The number of carbonyl (C=O) groups excluding carboxylic acids is 1. The minimum atomic E-state index is -4.51. The number of hydrogen-bond donors (Lipinski definition) is 2. The van der Waals surface area contributed by atoms with Crippen LogP contribution >= 0.6 is 0 Å². The van der Waals surface area contributed by atoms with Gasteiger partial charge in [0.2, 0.25) is 5.91 Å². The van der Waals surface area contributed by atoms with E-state index in [2.05, 4.69) is 15.5 Å². The number of nitrogens with two attached hydrogens (primary N) is 1. The predicted octanol–water partition coefficient (Wildman–Crippen LogP) is 1.17. The molecule has 1 amide bonds. The monoisotopic (exact) mass is 248 g/mol. The molecular weight excluding hydrogens is 237 g/mol. The van der Waals surface area contributed by atoms with Gasteiger partial charge in [-0.3, -0.25) is 4.79 Å². The van der Waals surface area contributed by atoms with Crippen LogP contribution in [0.25, 0.3) is 0 Å². The van der Waals surface area contributed by atoms with Crippen LogP contribution in [0.2, 0.25) is 0 Å². The molecule has 1 aromatic rings. The summed E-state index contributed by atoms with van der Waals surface area (Å²) in [5.74, 6) is -0.350. The molecule has 1 atom stereocenters. The highest BCUT2D eigenvalue weighted by Gasteiger charge is 2.32. The van der Waals surface area contributed by atoms with Gasteiger partial charge < -0.3 is 11.1 Å². The van der Waals surface area contributed by atoms with Crippen molar-refractivity contribution in [2.45, 2.75) is 25.6 Å². The minimum Gasteiger partial charge on any atom is -0.370 e. The lowest BCUT2D eigenvalue weighted by molar-refractivity contribution is -0.141. The lowest BCUT2D eigenvalue weighted by atomic mass is 10.2. The van der Waals surface area contributed by atoms with Crippen LogP contribution in [0.3, 0.4) is 0 Å². The summed E-state index contributed by atoms with van der Waals surface area (Å²) >= 11 is 0. The molecule has 0 spiro atoms. The predicted molar refractivity (Wildman–Crippen MR) is 53.9 cm³/mol. The van der Waals surface area contributed by atoms with Crippen molar-refractivity contribution in [3.8, 4) is 0 Å². The molecule has 0 radical (unpaired) electrons. The first-order chi connectivity index (χ1) is 7.79. The van der Waals surface area contributed by atoms with E-state index in [1.54, 1.807) is 6.92 Å². The van der Waals surface area contributed by atoms with Crippen molar-refractivity contribution in [1.29, 1.82) is 0 Å². The molecule has 0 aromatic carbocycles. The molecule has 3 N–H and O–H groups in total. The van der Waals surface area contributed by atoms with E-state index in [0.717, 1.165) is 12.1 Å². The summed E-state index contributed by atoms with van der Waals surface area (Å²) in [6.45, 7) is 1.66. The van der Waals surface area contributed by atoms with Gasteiger partial charge in [0, 0.05) is 12.5 Å². The van der Waals surface area contributed by atoms with Crippen LogP contribution in [0.1, 0.15) is 19.0 Å². The third-order valence-electron chi connectivity index (χ3n) is 1.86. The fraction of sp³-hybridized carbons (Fsp3) is 0.444. The van der Waals surface area contributed by atoms with Crippen LogP contribution in [0.4, 0.5) is 19.0 Å². The Labute approximate surface area is 95.2 Å². The first kappa shape index (κ1) is 13.2. The Balaban J connectivity index is 2.66. The number of nitrogens with one attached hydrogen (secondary N) is 1. The molecule has 1 unspecified atom stereocenters. The lowest BCUT2D eigenvalue weighted by Crippen LogP contribution is -2.24. The highest BCUT2D eigenvalue weighted by Crippen LogP contribution is 2.27. The van der Waals surface area contributed by atoms with Crippen LogP contribution in [0, 0.1) is 0 Å². The molecule has 0 aliphatic carbocycles. The van der Waals surface area contributed by atoms with Gasteiger partial charge in [-0.15, -0.1) is 10.2 Å². The molecule has 0 fully saturated rings. The number of anilines is 1. The smallest absolute Gasteiger partial charge is 0.370 e. The maximum Gasteiger partial charge on any atom is 0.435 e. The Morgan fingerprint density at radius 1 is 1.47 bits per heavy atom. The summed E-state index contributed by atoms with van der Waals surface area (Å²) in [5.41, 5.74) is 3.90. The van der Waals surface area contributed by atoms with Crippen molar-refractivity contribution in [2.24, 2.45) is 5.73 Å². The van der Waals surface area contributed by atoms with Crippen LogP contribution < -0.4 is 11.1 Å². The Morgan fingerprint density at radius 3 is 2.53 bits per heavy atom. The zero-order valence-electron chi connectivity index (χ0n) is 8.95.